The van der Waals surface area contributed by atoms with E-state index in [9.17, 15) is 19.5 Å². The van der Waals surface area contributed by atoms with Crippen molar-refractivity contribution in [3.05, 3.63) is 56.3 Å². The number of allylic oxidation sites excluding steroid dienone is 1. The predicted molar refractivity (Wildman–Crippen MR) is 161 cm³/mol. The minimum atomic E-state index is -1.18. The number of ether oxygens (including phenoxy) is 5. The molecule has 0 aliphatic carbocycles. The summed E-state index contributed by atoms with van der Waals surface area (Å²) in [6.07, 6.45) is 0.300. The van der Waals surface area contributed by atoms with Gasteiger partial charge in [-0.3, -0.25) is 10.2 Å². The van der Waals surface area contributed by atoms with Crippen LogP contribution in [0.4, 0.5) is 4.79 Å². The fourth-order valence-electron chi connectivity index (χ4n) is 3.99. The average molecular weight is 696 g/mol. The van der Waals surface area contributed by atoms with Crippen LogP contribution in [-0.4, -0.2) is 62.4 Å². The van der Waals surface area contributed by atoms with Gasteiger partial charge in [-0.2, -0.15) is 5.10 Å². The van der Waals surface area contributed by atoms with Gasteiger partial charge in [0.15, 0.2) is 29.2 Å². The largest absolute Gasteiger partial charge is 0.490 e. The lowest BCUT2D eigenvalue weighted by Crippen LogP contribution is -2.45. The molecule has 1 aliphatic rings. The van der Waals surface area contributed by atoms with Crippen LogP contribution in [0.15, 0.2) is 46.7 Å². The lowest BCUT2D eigenvalue weighted by Gasteiger charge is -2.28. The number of hydrazone groups is 1. The topological polar surface area (TPSA) is 166 Å². The van der Waals surface area contributed by atoms with Gasteiger partial charge in [-0.25, -0.2) is 9.59 Å². The first-order chi connectivity index (χ1) is 20.1. The van der Waals surface area contributed by atoms with E-state index in [0.717, 1.165) is 0 Å². The summed E-state index contributed by atoms with van der Waals surface area (Å²) in [5.74, 6) is 0.370. The summed E-state index contributed by atoms with van der Waals surface area (Å²) in [5, 5.41) is 19.8. The molecule has 2 amide bonds. The maximum absolute atomic E-state index is 12.4. The lowest BCUT2D eigenvalue weighted by molar-refractivity contribution is -0.136. The van der Waals surface area contributed by atoms with Crippen LogP contribution in [-0.2, 0) is 14.3 Å². The van der Waals surface area contributed by atoms with Crippen LogP contribution in [0, 0.1) is 3.57 Å². The second-order valence-corrected chi connectivity index (χ2v) is 9.93. The molecule has 2 atom stereocenters. The van der Waals surface area contributed by atoms with Crippen molar-refractivity contribution in [2.75, 3.05) is 26.9 Å². The zero-order valence-corrected chi connectivity index (χ0v) is 25.9. The Balaban J connectivity index is 1.70. The van der Waals surface area contributed by atoms with Crippen LogP contribution < -0.4 is 35.0 Å². The molecule has 0 saturated heterocycles. The van der Waals surface area contributed by atoms with Crippen LogP contribution in [0.3, 0.4) is 0 Å². The predicted octanol–water partition coefficient (Wildman–Crippen LogP) is 3.14. The summed E-state index contributed by atoms with van der Waals surface area (Å²) in [6.45, 7) is 7.06. The fraction of sp³-hybridized carbons (Fsp3) is 0.357. The van der Waals surface area contributed by atoms with Crippen LogP contribution in [0.2, 0.25) is 0 Å². The molecule has 4 N–H and O–H groups in total. The minimum Gasteiger partial charge on any atom is -0.490 e. The van der Waals surface area contributed by atoms with E-state index in [-0.39, 0.29) is 12.2 Å². The summed E-state index contributed by atoms with van der Waals surface area (Å²) < 4.78 is 27.9. The molecule has 0 bridgehead atoms. The molecule has 0 radical (unpaired) electrons. The van der Waals surface area contributed by atoms with Gasteiger partial charge < -0.3 is 39.4 Å². The molecule has 3 rings (SSSR count). The summed E-state index contributed by atoms with van der Waals surface area (Å²) in [7, 11) is 1.27. The van der Waals surface area contributed by atoms with Crippen molar-refractivity contribution in [3.63, 3.8) is 0 Å². The molecular formula is C28H33IN4O9. The van der Waals surface area contributed by atoms with E-state index in [4.69, 9.17) is 23.7 Å². The van der Waals surface area contributed by atoms with Gasteiger partial charge in [-0.1, -0.05) is 6.07 Å². The summed E-state index contributed by atoms with van der Waals surface area (Å²) >= 11 is 2.03. The number of halogens is 1. The number of carbonyl (C=O) groups is 3. The highest BCUT2D eigenvalue weighted by Crippen LogP contribution is 2.35. The number of carbonyl (C=O) groups excluding carboxylic acids is 3. The lowest BCUT2D eigenvalue weighted by atomic mass is 9.95. The molecule has 0 unspecified atom stereocenters. The molecule has 1 aliphatic heterocycles. The summed E-state index contributed by atoms with van der Waals surface area (Å²) in [4.78, 5) is 36.0. The van der Waals surface area contributed by atoms with Gasteiger partial charge >= 0.3 is 18.0 Å². The number of hydrogen-bond donors (Lipinski definition) is 4. The number of nitrogens with one attached hydrogen (secondary N) is 3. The molecular weight excluding hydrogens is 663 g/mol. The molecule has 0 aromatic heterocycles. The monoisotopic (exact) mass is 696 g/mol. The SMILES string of the molecule is CCOc1cc([C@@H]2NC(=O)NC(C)=C2C(=O)OC)ccc1OC[C@@H](O)N/N=C/c1cc(I)c(OC(C)=O)c(OCC)c1. The van der Waals surface area contributed by atoms with Gasteiger partial charge in [-0.05, 0) is 78.8 Å². The third-order valence-electron chi connectivity index (χ3n) is 5.69. The Labute approximate surface area is 256 Å². The maximum Gasteiger partial charge on any atom is 0.337 e. The van der Waals surface area contributed by atoms with Crippen LogP contribution in [0.1, 0.15) is 44.9 Å². The summed E-state index contributed by atoms with van der Waals surface area (Å²) in [6, 6.07) is 7.15. The third kappa shape index (κ3) is 8.48. The Kier molecular flexibility index (Phi) is 11.8. The molecule has 0 spiro atoms. The van der Waals surface area contributed by atoms with E-state index in [1.165, 1.54) is 20.2 Å². The van der Waals surface area contributed by atoms with Crippen molar-refractivity contribution in [2.24, 2.45) is 5.10 Å². The highest BCUT2D eigenvalue weighted by Gasteiger charge is 2.32. The first kappa shape index (κ1) is 32.5. The molecule has 0 saturated carbocycles. The number of rotatable bonds is 13. The molecule has 0 fully saturated rings. The second kappa shape index (κ2) is 15.3. The Hall–Kier alpha value is -4.05. The molecule has 2 aromatic carbocycles. The van der Waals surface area contributed by atoms with E-state index >= 15 is 0 Å². The molecule has 14 heteroatoms. The number of aliphatic hydroxyl groups is 1. The van der Waals surface area contributed by atoms with Gasteiger partial charge in [0.2, 0.25) is 0 Å². The van der Waals surface area contributed by atoms with Crippen LogP contribution in [0.25, 0.3) is 0 Å². The normalized spacial score (nSPS) is 15.4. The minimum absolute atomic E-state index is 0.180. The van der Waals surface area contributed by atoms with Crippen molar-refractivity contribution in [1.82, 2.24) is 16.1 Å². The van der Waals surface area contributed by atoms with Crippen molar-refractivity contribution in [3.8, 4) is 23.0 Å². The van der Waals surface area contributed by atoms with Gasteiger partial charge in [0, 0.05) is 12.6 Å². The Morgan fingerprint density at radius 3 is 2.50 bits per heavy atom. The number of hydrogen-bond acceptors (Lipinski definition) is 11. The van der Waals surface area contributed by atoms with E-state index in [1.54, 1.807) is 44.2 Å². The highest BCUT2D eigenvalue weighted by molar-refractivity contribution is 14.1. The van der Waals surface area contributed by atoms with Gasteiger partial charge in [-0.15, -0.1) is 0 Å². The van der Waals surface area contributed by atoms with E-state index in [0.29, 0.717) is 56.6 Å². The third-order valence-corrected chi connectivity index (χ3v) is 6.49. The first-order valence-electron chi connectivity index (χ1n) is 12.9. The fourth-order valence-corrected chi connectivity index (χ4v) is 4.72. The number of esters is 2. The van der Waals surface area contributed by atoms with Crippen molar-refractivity contribution < 1.29 is 43.2 Å². The van der Waals surface area contributed by atoms with Gasteiger partial charge in [0.1, 0.15) is 6.61 Å². The van der Waals surface area contributed by atoms with E-state index in [2.05, 4.69) is 21.2 Å². The molecule has 13 nitrogen and oxygen atoms in total. The number of methoxy groups -OCH3 is 1. The summed E-state index contributed by atoms with van der Waals surface area (Å²) in [5.41, 5.74) is 4.45. The number of nitrogens with zero attached hydrogens (tertiary/aromatic N) is 1. The molecule has 2 aromatic rings. The smallest absolute Gasteiger partial charge is 0.337 e. The van der Waals surface area contributed by atoms with Crippen molar-refractivity contribution >= 4 is 46.8 Å². The molecule has 1 heterocycles. The first-order valence-corrected chi connectivity index (χ1v) is 14.0. The Morgan fingerprint density at radius 2 is 1.83 bits per heavy atom. The Bertz CT molecular complexity index is 1380. The number of amides is 2. The highest BCUT2D eigenvalue weighted by atomic mass is 127. The molecule has 226 valence electrons. The van der Waals surface area contributed by atoms with Crippen molar-refractivity contribution in [1.29, 1.82) is 0 Å². The number of benzene rings is 2. The quantitative estimate of drug-likeness (QED) is 0.0611. The van der Waals surface area contributed by atoms with Crippen molar-refractivity contribution in [2.45, 2.75) is 40.0 Å². The second-order valence-electron chi connectivity index (χ2n) is 8.77. The average Bonchev–Trinajstić information content (AvgIpc) is 2.93. The zero-order valence-electron chi connectivity index (χ0n) is 23.8. The van der Waals surface area contributed by atoms with E-state index in [1.807, 2.05) is 29.5 Å². The van der Waals surface area contributed by atoms with Crippen LogP contribution in [0.5, 0.6) is 23.0 Å². The Morgan fingerprint density at radius 1 is 1.12 bits per heavy atom. The number of aliphatic hydroxyl groups excluding tert-OH is 1. The standard InChI is InChI=1S/C28H33IN4O9/c1-6-39-21-12-18(25-24(27(36)38-5)15(3)31-28(37)32-25)8-9-20(21)41-14-23(35)33-30-13-17-10-19(29)26(42-16(4)34)22(11-17)40-7-2/h8-13,23,25,33,35H,6-7,14H2,1-5H3,(H2,31,32,37)/b30-13+/t23-,25+/m1/s1. The number of urea groups is 1. The maximum atomic E-state index is 12.4. The molecule has 42 heavy (non-hydrogen) atoms. The van der Waals surface area contributed by atoms with Gasteiger partial charge in [0.05, 0.1) is 41.7 Å². The van der Waals surface area contributed by atoms with Gasteiger partial charge in [0.25, 0.3) is 0 Å². The van der Waals surface area contributed by atoms with Crippen LogP contribution >= 0.6 is 22.6 Å². The van der Waals surface area contributed by atoms with E-state index < -0.39 is 30.2 Å². The zero-order chi connectivity index (χ0) is 30.8.